The zero-order chi connectivity index (χ0) is 12.7. The minimum absolute atomic E-state index is 0.0957. The SMILES string of the molecule is C=CCC1CCCOC(=O)C1(CC=C)CC=C. The van der Waals surface area contributed by atoms with Crippen LogP contribution in [0.15, 0.2) is 38.0 Å². The van der Waals surface area contributed by atoms with E-state index in [0.29, 0.717) is 19.4 Å². The lowest BCUT2D eigenvalue weighted by Gasteiger charge is -2.35. The van der Waals surface area contributed by atoms with Crippen molar-refractivity contribution < 1.29 is 9.53 Å². The molecule has 0 aromatic carbocycles. The molecule has 0 bridgehead atoms. The number of esters is 1. The van der Waals surface area contributed by atoms with Crippen LogP contribution < -0.4 is 0 Å². The van der Waals surface area contributed by atoms with E-state index in [0.717, 1.165) is 19.3 Å². The van der Waals surface area contributed by atoms with Gasteiger partial charge in [-0.15, -0.1) is 19.7 Å². The van der Waals surface area contributed by atoms with E-state index in [9.17, 15) is 4.79 Å². The first kappa shape index (κ1) is 13.8. The van der Waals surface area contributed by atoms with Crippen LogP contribution in [0.1, 0.15) is 32.1 Å². The third-order valence-corrected chi connectivity index (χ3v) is 3.59. The van der Waals surface area contributed by atoms with Crippen LogP contribution in [0.3, 0.4) is 0 Å². The maximum atomic E-state index is 12.2. The Morgan fingerprint density at radius 2 is 1.88 bits per heavy atom. The smallest absolute Gasteiger partial charge is 0.312 e. The van der Waals surface area contributed by atoms with Crippen molar-refractivity contribution in [1.82, 2.24) is 0 Å². The van der Waals surface area contributed by atoms with E-state index >= 15 is 0 Å². The molecule has 0 aliphatic carbocycles. The van der Waals surface area contributed by atoms with Gasteiger partial charge in [-0.3, -0.25) is 4.79 Å². The van der Waals surface area contributed by atoms with Crippen molar-refractivity contribution >= 4 is 5.97 Å². The average molecular weight is 234 g/mol. The second kappa shape index (κ2) is 6.43. The Morgan fingerprint density at radius 1 is 1.24 bits per heavy atom. The van der Waals surface area contributed by atoms with E-state index in [1.54, 1.807) is 0 Å². The van der Waals surface area contributed by atoms with Crippen LogP contribution in [0.25, 0.3) is 0 Å². The van der Waals surface area contributed by atoms with Gasteiger partial charge >= 0.3 is 5.97 Å². The largest absolute Gasteiger partial charge is 0.465 e. The first-order valence-corrected chi connectivity index (χ1v) is 6.21. The fourth-order valence-electron chi connectivity index (χ4n) is 2.72. The van der Waals surface area contributed by atoms with Gasteiger partial charge in [0.1, 0.15) is 0 Å². The zero-order valence-electron chi connectivity index (χ0n) is 10.5. The Bertz CT molecular complexity index is 294. The van der Waals surface area contributed by atoms with Gasteiger partial charge in [0.2, 0.25) is 0 Å². The van der Waals surface area contributed by atoms with Crippen molar-refractivity contribution in [2.75, 3.05) is 6.61 Å². The molecule has 0 saturated carbocycles. The summed E-state index contributed by atoms with van der Waals surface area (Å²) in [5.41, 5.74) is -0.478. The summed E-state index contributed by atoms with van der Waals surface area (Å²) >= 11 is 0. The van der Waals surface area contributed by atoms with Crippen LogP contribution in [-0.2, 0) is 9.53 Å². The fourth-order valence-corrected chi connectivity index (χ4v) is 2.72. The van der Waals surface area contributed by atoms with Gasteiger partial charge in [0.25, 0.3) is 0 Å². The molecule has 0 spiro atoms. The van der Waals surface area contributed by atoms with Crippen molar-refractivity contribution in [2.24, 2.45) is 11.3 Å². The number of allylic oxidation sites excluding steroid dienone is 3. The van der Waals surface area contributed by atoms with Crippen molar-refractivity contribution in [2.45, 2.75) is 32.1 Å². The molecule has 94 valence electrons. The highest BCUT2D eigenvalue weighted by Gasteiger charge is 2.45. The Labute approximate surface area is 104 Å². The molecule has 1 fully saturated rings. The number of carbonyl (C=O) groups excluding carboxylic acids is 1. The quantitative estimate of drug-likeness (QED) is 0.518. The first-order valence-electron chi connectivity index (χ1n) is 6.21. The summed E-state index contributed by atoms with van der Waals surface area (Å²) in [5, 5.41) is 0. The molecule has 17 heavy (non-hydrogen) atoms. The van der Waals surface area contributed by atoms with Crippen LogP contribution in [0, 0.1) is 11.3 Å². The van der Waals surface area contributed by atoms with Crippen molar-refractivity contribution in [3.63, 3.8) is 0 Å². The molecule has 2 nitrogen and oxygen atoms in total. The maximum absolute atomic E-state index is 12.2. The lowest BCUT2D eigenvalue weighted by Crippen LogP contribution is -2.38. The lowest BCUT2D eigenvalue weighted by atomic mass is 9.68. The van der Waals surface area contributed by atoms with E-state index in [1.807, 2.05) is 18.2 Å². The highest BCUT2D eigenvalue weighted by molar-refractivity contribution is 5.78. The second-order valence-corrected chi connectivity index (χ2v) is 4.64. The van der Waals surface area contributed by atoms with Gasteiger partial charge < -0.3 is 4.74 Å². The molecular formula is C15H22O2. The fraction of sp³-hybridized carbons (Fsp3) is 0.533. The van der Waals surface area contributed by atoms with Gasteiger partial charge in [-0.25, -0.2) is 0 Å². The molecule has 1 aliphatic rings. The molecule has 1 rings (SSSR count). The molecule has 1 unspecified atom stereocenters. The highest BCUT2D eigenvalue weighted by atomic mass is 16.5. The number of carbonyl (C=O) groups is 1. The molecule has 0 aromatic rings. The predicted octanol–water partition coefficient (Wildman–Crippen LogP) is 3.65. The molecule has 0 aromatic heterocycles. The molecule has 2 heteroatoms. The molecule has 1 aliphatic heterocycles. The van der Waals surface area contributed by atoms with E-state index in [1.165, 1.54) is 0 Å². The molecule has 1 heterocycles. The van der Waals surface area contributed by atoms with E-state index in [-0.39, 0.29) is 11.9 Å². The summed E-state index contributed by atoms with van der Waals surface area (Å²) in [6, 6.07) is 0. The molecule has 0 radical (unpaired) electrons. The predicted molar refractivity (Wildman–Crippen MR) is 70.6 cm³/mol. The average Bonchev–Trinajstić information content (AvgIpc) is 2.44. The van der Waals surface area contributed by atoms with Crippen molar-refractivity contribution in [3.05, 3.63) is 38.0 Å². The van der Waals surface area contributed by atoms with Gasteiger partial charge in [-0.1, -0.05) is 18.2 Å². The normalized spacial score (nSPS) is 23.3. The number of hydrogen-bond acceptors (Lipinski definition) is 2. The van der Waals surface area contributed by atoms with E-state index < -0.39 is 5.41 Å². The van der Waals surface area contributed by atoms with E-state index in [4.69, 9.17) is 4.74 Å². The minimum Gasteiger partial charge on any atom is -0.465 e. The molecule has 0 N–H and O–H groups in total. The maximum Gasteiger partial charge on any atom is 0.312 e. The summed E-state index contributed by atoms with van der Waals surface area (Å²) in [5.74, 6) is 0.188. The third kappa shape index (κ3) is 2.87. The highest BCUT2D eigenvalue weighted by Crippen LogP contribution is 2.44. The Morgan fingerprint density at radius 3 is 2.41 bits per heavy atom. The van der Waals surface area contributed by atoms with Gasteiger partial charge in [-0.2, -0.15) is 0 Å². The summed E-state index contributed by atoms with van der Waals surface area (Å²) in [6.07, 6.45) is 9.59. The van der Waals surface area contributed by atoms with Gasteiger partial charge in [-0.05, 0) is 38.0 Å². The molecular weight excluding hydrogens is 212 g/mol. The Balaban J connectivity index is 3.08. The molecule has 1 saturated heterocycles. The summed E-state index contributed by atoms with van der Waals surface area (Å²) < 4.78 is 5.33. The van der Waals surface area contributed by atoms with Gasteiger partial charge in [0.15, 0.2) is 0 Å². The Kier molecular flexibility index (Phi) is 5.20. The summed E-state index contributed by atoms with van der Waals surface area (Å²) in [4.78, 5) is 12.2. The first-order chi connectivity index (χ1) is 8.21. The van der Waals surface area contributed by atoms with Crippen LogP contribution in [0.4, 0.5) is 0 Å². The van der Waals surface area contributed by atoms with Crippen LogP contribution in [-0.4, -0.2) is 12.6 Å². The van der Waals surface area contributed by atoms with E-state index in [2.05, 4.69) is 19.7 Å². The summed E-state index contributed by atoms with van der Waals surface area (Å²) in [7, 11) is 0. The zero-order valence-corrected chi connectivity index (χ0v) is 10.5. The second-order valence-electron chi connectivity index (χ2n) is 4.64. The number of hydrogen-bond donors (Lipinski definition) is 0. The summed E-state index contributed by atoms with van der Waals surface area (Å²) in [6.45, 7) is 11.9. The number of ether oxygens (including phenoxy) is 1. The Hall–Kier alpha value is -1.31. The number of rotatable bonds is 6. The van der Waals surface area contributed by atoms with Crippen LogP contribution in [0.2, 0.25) is 0 Å². The van der Waals surface area contributed by atoms with Gasteiger partial charge in [0.05, 0.1) is 12.0 Å². The topological polar surface area (TPSA) is 26.3 Å². The van der Waals surface area contributed by atoms with Crippen molar-refractivity contribution in [1.29, 1.82) is 0 Å². The molecule has 1 atom stereocenters. The van der Waals surface area contributed by atoms with Gasteiger partial charge in [0, 0.05) is 0 Å². The van der Waals surface area contributed by atoms with Crippen LogP contribution in [0.5, 0.6) is 0 Å². The van der Waals surface area contributed by atoms with Crippen molar-refractivity contribution in [3.8, 4) is 0 Å². The van der Waals surface area contributed by atoms with Crippen LogP contribution >= 0.6 is 0 Å². The monoisotopic (exact) mass is 234 g/mol. The third-order valence-electron chi connectivity index (χ3n) is 3.59. The number of cyclic esters (lactones) is 1. The molecule has 0 amide bonds. The standard InChI is InChI=1S/C15H22O2/c1-4-8-13-9-7-12-17-14(16)15(13,10-5-2)11-6-3/h4-6,13H,1-3,7-12H2. The minimum atomic E-state index is -0.478. The lowest BCUT2D eigenvalue weighted by molar-refractivity contribution is -0.156.